The van der Waals surface area contributed by atoms with Crippen LogP contribution in [0.25, 0.3) is 0 Å². The summed E-state index contributed by atoms with van der Waals surface area (Å²) in [6, 6.07) is 7.87. The van der Waals surface area contributed by atoms with E-state index in [1.807, 2.05) is 0 Å². The predicted molar refractivity (Wildman–Crippen MR) is 128 cm³/mol. The van der Waals surface area contributed by atoms with E-state index in [4.69, 9.17) is 4.74 Å². The zero-order chi connectivity index (χ0) is 25.0. The highest BCUT2D eigenvalue weighted by atomic mass is 32.3. The van der Waals surface area contributed by atoms with Gasteiger partial charge in [-0.1, -0.05) is 24.3 Å². The van der Waals surface area contributed by atoms with Crippen molar-refractivity contribution in [3.63, 3.8) is 0 Å². The number of ether oxygens (including phenoxy) is 1. The van der Waals surface area contributed by atoms with Crippen LogP contribution < -0.4 is 16.0 Å². The lowest BCUT2D eigenvalue weighted by Gasteiger charge is -2.27. The van der Waals surface area contributed by atoms with E-state index in [1.54, 1.807) is 50.1 Å². The number of halogens is 2. The van der Waals surface area contributed by atoms with Gasteiger partial charge in [-0.25, -0.2) is 18.8 Å². The summed E-state index contributed by atoms with van der Waals surface area (Å²) in [7, 11) is -0.109. The molecule has 7 nitrogen and oxygen atoms in total. The molecule has 3 rings (SSSR count). The molecule has 0 spiro atoms. The maximum Gasteiger partial charge on any atom is 0.251 e. The molecule has 0 bridgehead atoms. The molecule has 2 aromatic carbocycles. The van der Waals surface area contributed by atoms with Crippen LogP contribution in [-0.4, -0.2) is 50.1 Å². The van der Waals surface area contributed by atoms with Gasteiger partial charge in [0.2, 0.25) is 11.8 Å². The average molecular weight is 494 g/mol. The normalized spacial score (nSPS) is 17.1. The van der Waals surface area contributed by atoms with Crippen molar-refractivity contribution in [3.05, 3.63) is 59.2 Å². The highest BCUT2D eigenvalue weighted by molar-refractivity contribution is 8.32. The standard InChI is InChI=1S/C24H29F2N3O4S/c1-33-13-14-5-7-15(8-6-14)21(29-23(31)16-9-20(30)27-12-16)24(32)28-17-10-18(25)22(19(26)11-17)34(2,3)4/h5-8,10-11,16,21H,9,12-13H2,1-4H3,(H,27,30)(H,28,32)(H,29,31)/t16-,21+/m0/s1. The Morgan fingerprint density at radius 1 is 1.15 bits per heavy atom. The van der Waals surface area contributed by atoms with E-state index in [-0.39, 0.29) is 29.5 Å². The minimum Gasteiger partial charge on any atom is -0.380 e. The molecule has 1 heterocycles. The number of carbonyl (C=O) groups excluding carboxylic acids is 3. The highest BCUT2D eigenvalue weighted by Gasteiger charge is 2.32. The Labute approximate surface area is 198 Å². The Morgan fingerprint density at radius 2 is 1.76 bits per heavy atom. The molecule has 184 valence electrons. The summed E-state index contributed by atoms with van der Waals surface area (Å²) in [6.45, 7) is 0.554. The van der Waals surface area contributed by atoms with Gasteiger partial charge >= 0.3 is 0 Å². The molecule has 10 heteroatoms. The topological polar surface area (TPSA) is 96.5 Å². The molecule has 3 N–H and O–H groups in total. The van der Waals surface area contributed by atoms with Crippen LogP contribution in [0.4, 0.5) is 14.5 Å². The number of benzene rings is 2. The molecule has 1 fully saturated rings. The van der Waals surface area contributed by atoms with Crippen LogP contribution in [0.15, 0.2) is 41.3 Å². The van der Waals surface area contributed by atoms with Crippen LogP contribution in [0.2, 0.25) is 0 Å². The van der Waals surface area contributed by atoms with E-state index in [9.17, 15) is 23.2 Å². The molecule has 1 aliphatic heterocycles. The van der Waals surface area contributed by atoms with Crippen LogP contribution in [-0.2, 0) is 25.7 Å². The minimum atomic E-state index is -1.67. The van der Waals surface area contributed by atoms with E-state index in [0.29, 0.717) is 12.2 Å². The lowest BCUT2D eigenvalue weighted by molar-refractivity contribution is -0.129. The summed E-state index contributed by atoms with van der Waals surface area (Å²) in [5, 5.41) is 7.78. The largest absolute Gasteiger partial charge is 0.380 e. The first-order valence-corrected chi connectivity index (χ1v) is 13.5. The molecular weight excluding hydrogens is 464 g/mol. The molecule has 34 heavy (non-hydrogen) atoms. The van der Waals surface area contributed by atoms with E-state index in [0.717, 1.165) is 17.7 Å². The fraction of sp³-hybridized carbons (Fsp3) is 0.375. The van der Waals surface area contributed by atoms with Crippen molar-refractivity contribution in [3.8, 4) is 0 Å². The van der Waals surface area contributed by atoms with E-state index in [2.05, 4.69) is 16.0 Å². The average Bonchev–Trinajstić information content (AvgIpc) is 3.17. The third-order valence-electron chi connectivity index (χ3n) is 5.40. The first-order valence-electron chi connectivity index (χ1n) is 10.6. The van der Waals surface area contributed by atoms with Crippen molar-refractivity contribution in [2.24, 2.45) is 5.92 Å². The van der Waals surface area contributed by atoms with Gasteiger partial charge in [-0.15, -0.1) is 0 Å². The van der Waals surface area contributed by atoms with Crippen LogP contribution in [0.5, 0.6) is 0 Å². The Kier molecular flexibility index (Phi) is 7.93. The Morgan fingerprint density at radius 3 is 2.26 bits per heavy atom. The molecule has 2 aromatic rings. The van der Waals surface area contributed by atoms with E-state index < -0.39 is 45.4 Å². The Bertz CT molecular complexity index is 1060. The molecule has 0 aliphatic carbocycles. The lowest BCUT2D eigenvalue weighted by Crippen LogP contribution is -2.40. The number of amides is 3. The molecule has 0 radical (unpaired) electrons. The SMILES string of the molecule is COCc1ccc([C@@H](NC(=O)[C@@H]2CNC(=O)C2)C(=O)Nc2cc(F)c(S(C)(C)C)c(F)c2)cc1. The predicted octanol–water partition coefficient (Wildman–Crippen LogP) is 3.10. The number of methoxy groups -OCH3 is 1. The second-order valence-corrected chi connectivity index (χ2v) is 13.0. The molecule has 2 atom stereocenters. The number of hydrogen-bond acceptors (Lipinski definition) is 4. The van der Waals surface area contributed by atoms with Crippen LogP contribution >= 0.6 is 10.0 Å². The van der Waals surface area contributed by atoms with Crippen LogP contribution in [0.3, 0.4) is 0 Å². The molecule has 3 amide bonds. The fourth-order valence-corrected chi connectivity index (χ4v) is 5.04. The summed E-state index contributed by atoms with van der Waals surface area (Å²) < 4.78 is 34.4. The van der Waals surface area contributed by atoms with Gasteiger partial charge in [0, 0.05) is 25.8 Å². The van der Waals surface area contributed by atoms with Gasteiger partial charge in [0.25, 0.3) is 5.91 Å². The van der Waals surface area contributed by atoms with Crippen molar-refractivity contribution in [2.75, 3.05) is 37.7 Å². The molecule has 0 saturated carbocycles. The molecular formula is C24H29F2N3O4S. The second kappa shape index (κ2) is 10.5. The summed E-state index contributed by atoms with van der Waals surface area (Å²) in [5.41, 5.74) is 1.28. The van der Waals surface area contributed by atoms with E-state index >= 15 is 0 Å². The van der Waals surface area contributed by atoms with Crippen LogP contribution in [0, 0.1) is 17.6 Å². The Balaban J connectivity index is 1.87. The maximum atomic E-state index is 14.7. The molecule has 0 aromatic heterocycles. The second-order valence-electron chi connectivity index (χ2n) is 8.92. The van der Waals surface area contributed by atoms with Gasteiger partial charge < -0.3 is 20.7 Å². The smallest absolute Gasteiger partial charge is 0.251 e. The molecule has 0 unspecified atom stereocenters. The number of hydrogen-bond donors (Lipinski definition) is 3. The van der Waals surface area contributed by atoms with Gasteiger partial charge in [-0.05, 0) is 42.0 Å². The fourth-order valence-electron chi connectivity index (χ4n) is 3.76. The summed E-state index contributed by atoms with van der Waals surface area (Å²) in [4.78, 5) is 37.4. The van der Waals surface area contributed by atoms with Gasteiger partial charge in [-0.3, -0.25) is 14.4 Å². The van der Waals surface area contributed by atoms with Crippen molar-refractivity contribution in [1.29, 1.82) is 0 Å². The molecule has 1 saturated heterocycles. The monoisotopic (exact) mass is 493 g/mol. The van der Waals surface area contributed by atoms with Gasteiger partial charge in [0.05, 0.1) is 17.4 Å². The third-order valence-corrected chi connectivity index (χ3v) is 7.01. The lowest BCUT2D eigenvalue weighted by atomic mass is 10.0. The zero-order valence-corrected chi connectivity index (χ0v) is 20.4. The van der Waals surface area contributed by atoms with E-state index in [1.165, 1.54) is 0 Å². The third kappa shape index (κ3) is 6.12. The zero-order valence-electron chi connectivity index (χ0n) is 19.5. The number of carbonyl (C=O) groups is 3. The summed E-state index contributed by atoms with van der Waals surface area (Å²) >= 11 is 0. The molecule has 1 aliphatic rings. The van der Waals surface area contributed by atoms with Crippen LogP contribution in [0.1, 0.15) is 23.6 Å². The number of nitrogens with one attached hydrogen (secondary N) is 3. The number of rotatable bonds is 8. The first kappa shape index (κ1) is 25.6. The van der Waals surface area contributed by atoms with Crippen molar-refractivity contribution in [2.45, 2.75) is 24.0 Å². The summed E-state index contributed by atoms with van der Waals surface area (Å²) in [5.74, 6) is -3.46. The first-order chi connectivity index (χ1) is 16.0. The van der Waals surface area contributed by atoms with Crippen molar-refractivity contribution in [1.82, 2.24) is 10.6 Å². The number of anilines is 1. The van der Waals surface area contributed by atoms with Gasteiger partial charge in [-0.2, -0.15) is 0 Å². The summed E-state index contributed by atoms with van der Waals surface area (Å²) in [6.07, 6.45) is 5.34. The minimum absolute atomic E-state index is 0.00230. The highest BCUT2D eigenvalue weighted by Crippen LogP contribution is 2.48. The van der Waals surface area contributed by atoms with Gasteiger partial charge in [0.15, 0.2) is 0 Å². The maximum absolute atomic E-state index is 14.7. The Hall–Kier alpha value is -2.98. The van der Waals surface area contributed by atoms with Crippen molar-refractivity contribution >= 4 is 33.4 Å². The van der Waals surface area contributed by atoms with Crippen molar-refractivity contribution < 1.29 is 27.9 Å². The quantitative estimate of drug-likeness (QED) is 0.527. The van der Waals surface area contributed by atoms with Gasteiger partial charge in [0.1, 0.15) is 17.7 Å².